The van der Waals surface area contributed by atoms with E-state index in [1.54, 1.807) is 7.11 Å². The molecule has 1 atom stereocenters. The lowest BCUT2D eigenvalue weighted by atomic mass is 10.1. The van der Waals surface area contributed by atoms with Crippen LogP contribution >= 0.6 is 0 Å². The molecular formula is C14H19NO2. The largest absolute Gasteiger partial charge is 0.496 e. The average molecular weight is 233 g/mol. The predicted molar refractivity (Wildman–Crippen MR) is 68.8 cm³/mol. The van der Waals surface area contributed by atoms with Crippen LogP contribution in [0.4, 0.5) is 0 Å². The van der Waals surface area contributed by atoms with E-state index in [1.807, 2.05) is 12.1 Å². The Morgan fingerprint density at radius 1 is 1.41 bits per heavy atom. The predicted octanol–water partition coefficient (Wildman–Crippen LogP) is 2.81. The fourth-order valence-corrected chi connectivity index (χ4v) is 1.87. The summed E-state index contributed by atoms with van der Waals surface area (Å²) in [7, 11) is 1.67. The van der Waals surface area contributed by atoms with Crippen molar-refractivity contribution in [3.05, 3.63) is 29.3 Å². The van der Waals surface area contributed by atoms with Crippen molar-refractivity contribution in [2.45, 2.75) is 26.8 Å². The molecule has 3 heteroatoms. The molecule has 1 heterocycles. The molecule has 0 N–H and O–H groups in total. The number of aliphatic imine (C=N–C) groups is 1. The lowest BCUT2D eigenvalue weighted by molar-refractivity contribution is 0.291. The van der Waals surface area contributed by atoms with Crippen LogP contribution in [0.2, 0.25) is 0 Å². The molecule has 0 spiro atoms. The Balaban J connectivity index is 2.34. The molecule has 1 aliphatic rings. The summed E-state index contributed by atoms with van der Waals surface area (Å²) in [5.41, 5.74) is 2.13. The minimum atomic E-state index is 0.259. The first kappa shape index (κ1) is 12.0. The molecule has 1 aliphatic heterocycles. The zero-order chi connectivity index (χ0) is 12.4. The van der Waals surface area contributed by atoms with Crippen LogP contribution in [0.1, 0.15) is 25.0 Å². The summed E-state index contributed by atoms with van der Waals surface area (Å²) in [5.74, 6) is 2.03. The maximum Gasteiger partial charge on any atom is 0.220 e. The highest BCUT2D eigenvalue weighted by Crippen LogP contribution is 2.25. The Bertz CT molecular complexity index is 438. The Hall–Kier alpha value is -1.51. The first-order valence-corrected chi connectivity index (χ1v) is 5.97. The quantitative estimate of drug-likeness (QED) is 0.803. The van der Waals surface area contributed by atoms with Gasteiger partial charge in [-0.1, -0.05) is 25.5 Å². The molecule has 0 fully saturated rings. The molecular weight excluding hydrogens is 214 g/mol. The van der Waals surface area contributed by atoms with Gasteiger partial charge in [0.05, 0.1) is 18.7 Å². The van der Waals surface area contributed by atoms with Crippen LogP contribution in [0.25, 0.3) is 0 Å². The van der Waals surface area contributed by atoms with Crippen molar-refractivity contribution < 1.29 is 9.47 Å². The van der Waals surface area contributed by atoms with Crippen molar-refractivity contribution >= 4 is 5.90 Å². The summed E-state index contributed by atoms with van der Waals surface area (Å²) in [6.45, 7) is 7.05. The topological polar surface area (TPSA) is 30.8 Å². The van der Waals surface area contributed by atoms with Crippen molar-refractivity contribution in [1.82, 2.24) is 0 Å². The van der Waals surface area contributed by atoms with Gasteiger partial charge < -0.3 is 9.47 Å². The molecule has 1 aromatic carbocycles. The molecule has 0 radical (unpaired) electrons. The van der Waals surface area contributed by atoms with Crippen LogP contribution in [-0.2, 0) is 4.74 Å². The van der Waals surface area contributed by atoms with E-state index in [2.05, 4.69) is 31.8 Å². The van der Waals surface area contributed by atoms with E-state index in [-0.39, 0.29) is 6.04 Å². The highest BCUT2D eigenvalue weighted by Gasteiger charge is 2.24. The van der Waals surface area contributed by atoms with Gasteiger partial charge in [0.15, 0.2) is 0 Å². The summed E-state index contributed by atoms with van der Waals surface area (Å²) < 4.78 is 11.0. The zero-order valence-corrected chi connectivity index (χ0v) is 10.9. The fourth-order valence-electron chi connectivity index (χ4n) is 1.87. The second kappa shape index (κ2) is 4.78. The maximum atomic E-state index is 5.68. The van der Waals surface area contributed by atoms with Crippen LogP contribution < -0.4 is 4.74 Å². The van der Waals surface area contributed by atoms with Crippen LogP contribution in [-0.4, -0.2) is 25.7 Å². The van der Waals surface area contributed by atoms with Crippen molar-refractivity contribution in [1.29, 1.82) is 0 Å². The van der Waals surface area contributed by atoms with Crippen molar-refractivity contribution in [2.24, 2.45) is 10.9 Å². The number of benzene rings is 1. The Labute approximate surface area is 102 Å². The number of hydrogen-bond acceptors (Lipinski definition) is 3. The lowest BCUT2D eigenvalue weighted by Crippen LogP contribution is -2.13. The summed E-state index contributed by atoms with van der Waals surface area (Å²) in [6, 6.07) is 6.30. The molecule has 0 bridgehead atoms. The van der Waals surface area contributed by atoms with Crippen molar-refractivity contribution in [3.8, 4) is 5.75 Å². The normalized spacial score (nSPS) is 19.1. The molecule has 0 aromatic heterocycles. The van der Waals surface area contributed by atoms with E-state index in [1.165, 1.54) is 5.56 Å². The summed E-state index contributed by atoms with van der Waals surface area (Å²) >= 11 is 0. The number of aryl methyl sites for hydroxylation is 1. The molecule has 3 nitrogen and oxygen atoms in total. The van der Waals surface area contributed by atoms with Crippen molar-refractivity contribution in [3.63, 3.8) is 0 Å². The second-order valence-electron chi connectivity index (χ2n) is 4.76. The first-order valence-electron chi connectivity index (χ1n) is 5.97. The first-order chi connectivity index (χ1) is 8.11. The minimum absolute atomic E-state index is 0.259. The van der Waals surface area contributed by atoms with Gasteiger partial charge in [-0.05, 0) is 25.0 Å². The van der Waals surface area contributed by atoms with Gasteiger partial charge in [-0.3, -0.25) is 0 Å². The third-order valence-electron chi connectivity index (χ3n) is 3.03. The standard InChI is InChI=1S/C14H19NO2/c1-9(2)12-8-17-14(15-12)11-7-10(3)5-6-13(11)16-4/h5-7,9,12H,8H2,1-4H3/t12-/m0/s1. The zero-order valence-electron chi connectivity index (χ0n) is 10.9. The van der Waals surface area contributed by atoms with Gasteiger partial charge in [0.25, 0.3) is 0 Å². The van der Waals surface area contributed by atoms with Gasteiger partial charge in [-0.15, -0.1) is 0 Å². The van der Waals surface area contributed by atoms with Gasteiger partial charge in [0.2, 0.25) is 5.90 Å². The average Bonchev–Trinajstić information content (AvgIpc) is 2.78. The Morgan fingerprint density at radius 3 is 2.76 bits per heavy atom. The summed E-state index contributed by atoms with van der Waals surface area (Å²) in [6.07, 6.45) is 0. The molecule has 0 amide bonds. The van der Waals surface area contributed by atoms with Crippen LogP contribution in [0.15, 0.2) is 23.2 Å². The third-order valence-corrected chi connectivity index (χ3v) is 3.03. The second-order valence-corrected chi connectivity index (χ2v) is 4.76. The molecule has 2 rings (SSSR count). The number of rotatable bonds is 3. The van der Waals surface area contributed by atoms with Crippen molar-refractivity contribution in [2.75, 3.05) is 13.7 Å². The van der Waals surface area contributed by atoms with Gasteiger partial charge in [-0.2, -0.15) is 0 Å². The third kappa shape index (κ3) is 2.43. The van der Waals surface area contributed by atoms with E-state index in [9.17, 15) is 0 Å². The van der Waals surface area contributed by atoms with E-state index < -0.39 is 0 Å². The van der Waals surface area contributed by atoms with E-state index >= 15 is 0 Å². The van der Waals surface area contributed by atoms with Gasteiger partial charge in [0.1, 0.15) is 12.4 Å². The molecule has 17 heavy (non-hydrogen) atoms. The lowest BCUT2D eigenvalue weighted by Gasteiger charge is -2.08. The van der Waals surface area contributed by atoms with Crippen LogP contribution in [0.3, 0.4) is 0 Å². The van der Waals surface area contributed by atoms with Crippen LogP contribution in [0.5, 0.6) is 5.75 Å². The fraction of sp³-hybridized carbons (Fsp3) is 0.500. The Morgan fingerprint density at radius 2 is 2.18 bits per heavy atom. The SMILES string of the molecule is COc1ccc(C)cc1C1=N[C@H](C(C)C)CO1. The van der Waals surface area contributed by atoms with Crippen LogP contribution in [0, 0.1) is 12.8 Å². The Kier molecular flexibility index (Phi) is 3.36. The van der Waals surface area contributed by atoms with E-state index in [0.29, 0.717) is 18.4 Å². The number of ether oxygens (including phenoxy) is 2. The molecule has 1 aromatic rings. The minimum Gasteiger partial charge on any atom is -0.496 e. The van der Waals surface area contributed by atoms with Gasteiger partial charge >= 0.3 is 0 Å². The number of hydrogen-bond donors (Lipinski definition) is 0. The van der Waals surface area contributed by atoms with Gasteiger partial charge in [-0.25, -0.2) is 4.99 Å². The molecule has 0 saturated heterocycles. The highest BCUT2D eigenvalue weighted by atomic mass is 16.5. The molecule has 0 unspecified atom stereocenters. The number of methoxy groups -OCH3 is 1. The number of nitrogens with zero attached hydrogens (tertiary/aromatic N) is 1. The maximum absolute atomic E-state index is 5.68. The molecule has 0 aliphatic carbocycles. The van der Waals surface area contributed by atoms with E-state index in [4.69, 9.17) is 9.47 Å². The molecule has 92 valence electrons. The van der Waals surface area contributed by atoms with Gasteiger partial charge in [0, 0.05) is 0 Å². The van der Waals surface area contributed by atoms with E-state index in [0.717, 1.165) is 11.3 Å². The summed E-state index contributed by atoms with van der Waals surface area (Å²) in [5, 5.41) is 0. The monoisotopic (exact) mass is 233 g/mol. The highest BCUT2D eigenvalue weighted by molar-refractivity contribution is 5.98. The summed E-state index contributed by atoms with van der Waals surface area (Å²) in [4.78, 5) is 4.62. The smallest absolute Gasteiger partial charge is 0.220 e. The molecule has 0 saturated carbocycles.